The number of fused-ring (bicyclic) bond motifs is 1. The number of carbonyl (C=O) groups excluding carboxylic acids is 2. The number of halogens is 1. The van der Waals surface area contributed by atoms with Crippen molar-refractivity contribution in [1.82, 2.24) is 15.0 Å². The molecular weight excluding hydrogens is 500 g/mol. The molecule has 0 N–H and O–H groups in total. The van der Waals surface area contributed by atoms with Crippen LogP contribution in [-0.2, 0) is 24.3 Å². The van der Waals surface area contributed by atoms with Gasteiger partial charge >= 0.3 is 0 Å². The molecule has 8 heteroatoms. The summed E-state index contributed by atoms with van der Waals surface area (Å²) < 4.78 is 5.34. The normalized spacial score (nSPS) is 17.4. The zero-order valence-electron chi connectivity index (χ0n) is 21.9. The van der Waals surface area contributed by atoms with Crippen molar-refractivity contribution in [3.63, 3.8) is 0 Å². The molecule has 7 nitrogen and oxygen atoms in total. The fourth-order valence-corrected chi connectivity index (χ4v) is 5.19. The number of anilines is 1. The Hall–Kier alpha value is -3.16. The molecule has 2 aliphatic rings. The van der Waals surface area contributed by atoms with Crippen molar-refractivity contribution in [3.8, 4) is 0 Å². The van der Waals surface area contributed by atoms with Gasteiger partial charge < -0.3 is 14.3 Å². The molecule has 5 rings (SSSR count). The maximum absolute atomic E-state index is 13.6. The molecule has 0 saturated heterocycles. The van der Waals surface area contributed by atoms with Gasteiger partial charge in [-0.25, -0.2) is 0 Å². The number of aromatic nitrogens is 1. The van der Waals surface area contributed by atoms with Crippen LogP contribution in [0.15, 0.2) is 59.1 Å². The Kier molecular flexibility index (Phi) is 8.45. The number of carbonyl (C=O) groups is 2. The molecule has 0 unspecified atom stereocenters. The summed E-state index contributed by atoms with van der Waals surface area (Å²) in [7, 11) is 0. The van der Waals surface area contributed by atoms with Gasteiger partial charge in [-0.05, 0) is 55.0 Å². The molecule has 2 aromatic carbocycles. The highest BCUT2D eigenvalue weighted by Crippen LogP contribution is 2.34. The molecule has 1 saturated carbocycles. The van der Waals surface area contributed by atoms with Gasteiger partial charge in [0, 0.05) is 68.4 Å². The Balaban J connectivity index is 1.43. The molecule has 200 valence electrons. The lowest BCUT2D eigenvalue weighted by molar-refractivity contribution is -0.119. The standard InChI is InChI=1S/C30H35ClN4O3/c1-2-26-19-27(32-38-26)30(37)34-17-5-15-33(20-22-9-13-25(31)14-10-22)16-6-18-35(29(36)23-11-12-23)28-8-4-3-7-24(28)21-34/h3-4,7-10,13-14,19,23H,2,5-6,11-12,15-18,20-21H2,1H3. The predicted octanol–water partition coefficient (Wildman–Crippen LogP) is 5.57. The Morgan fingerprint density at radius 2 is 1.74 bits per heavy atom. The molecule has 3 aromatic rings. The van der Waals surface area contributed by atoms with Crippen molar-refractivity contribution in [1.29, 1.82) is 0 Å². The van der Waals surface area contributed by atoms with Crippen molar-refractivity contribution in [2.45, 2.75) is 52.1 Å². The van der Waals surface area contributed by atoms with Crippen LogP contribution in [0.4, 0.5) is 5.69 Å². The monoisotopic (exact) mass is 534 g/mol. The summed E-state index contributed by atoms with van der Waals surface area (Å²) >= 11 is 6.10. The average Bonchev–Trinajstić information content (AvgIpc) is 3.67. The van der Waals surface area contributed by atoms with E-state index in [0.717, 1.165) is 61.6 Å². The lowest BCUT2D eigenvalue weighted by atomic mass is 10.1. The first-order chi connectivity index (χ1) is 18.5. The number of nitrogens with zero attached hydrogens (tertiary/aromatic N) is 4. The van der Waals surface area contributed by atoms with E-state index in [1.165, 1.54) is 5.56 Å². The molecule has 2 heterocycles. The molecule has 1 aliphatic heterocycles. The van der Waals surface area contributed by atoms with Crippen molar-refractivity contribution in [3.05, 3.63) is 82.2 Å². The smallest absolute Gasteiger partial charge is 0.276 e. The predicted molar refractivity (Wildman–Crippen MR) is 148 cm³/mol. The maximum Gasteiger partial charge on any atom is 0.276 e. The van der Waals surface area contributed by atoms with Crippen molar-refractivity contribution in [2.75, 3.05) is 31.1 Å². The molecule has 0 atom stereocenters. The minimum Gasteiger partial charge on any atom is -0.361 e. The topological polar surface area (TPSA) is 69.9 Å². The van der Waals surface area contributed by atoms with E-state index in [-0.39, 0.29) is 17.7 Å². The summed E-state index contributed by atoms with van der Waals surface area (Å²) in [6.45, 7) is 6.11. The summed E-state index contributed by atoms with van der Waals surface area (Å²) in [6, 6.07) is 17.7. The Morgan fingerprint density at radius 1 is 1.00 bits per heavy atom. The van der Waals surface area contributed by atoms with E-state index in [0.29, 0.717) is 37.5 Å². The quantitative estimate of drug-likeness (QED) is 0.428. The molecule has 0 radical (unpaired) electrons. The molecular formula is C30H35ClN4O3. The van der Waals surface area contributed by atoms with Crippen LogP contribution in [0.3, 0.4) is 0 Å². The highest BCUT2D eigenvalue weighted by molar-refractivity contribution is 6.30. The van der Waals surface area contributed by atoms with Crippen LogP contribution >= 0.6 is 11.6 Å². The molecule has 2 amide bonds. The van der Waals surface area contributed by atoms with Crippen LogP contribution in [0.2, 0.25) is 5.02 Å². The molecule has 0 spiro atoms. The van der Waals surface area contributed by atoms with Crippen LogP contribution in [0.1, 0.15) is 60.0 Å². The Bertz CT molecular complexity index is 1250. The summed E-state index contributed by atoms with van der Waals surface area (Å²) in [4.78, 5) is 33.2. The maximum atomic E-state index is 13.6. The molecule has 1 aliphatic carbocycles. The second kappa shape index (κ2) is 12.1. The minimum atomic E-state index is -0.148. The van der Waals surface area contributed by atoms with Gasteiger partial charge in [0.05, 0.1) is 0 Å². The van der Waals surface area contributed by atoms with Gasteiger partial charge in [-0.2, -0.15) is 0 Å². The second-order valence-corrected chi connectivity index (χ2v) is 10.7. The first-order valence-corrected chi connectivity index (χ1v) is 14.0. The van der Waals surface area contributed by atoms with E-state index in [1.54, 1.807) is 6.07 Å². The van der Waals surface area contributed by atoms with E-state index >= 15 is 0 Å². The molecule has 1 aromatic heterocycles. The molecule has 0 bridgehead atoms. The van der Waals surface area contributed by atoms with Gasteiger partial charge in [0.25, 0.3) is 5.91 Å². The van der Waals surface area contributed by atoms with Gasteiger partial charge in [-0.15, -0.1) is 0 Å². The number of hydrogen-bond acceptors (Lipinski definition) is 5. The second-order valence-electron chi connectivity index (χ2n) is 10.3. The van der Waals surface area contributed by atoms with E-state index in [9.17, 15) is 9.59 Å². The zero-order chi connectivity index (χ0) is 26.5. The average molecular weight is 535 g/mol. The highest BCUT2D eigenvalue weighted by Gasteiger charge is 2.35. The number of aryl methyl sites for hydroxylation is 1. The van der Waals surface area contributed by atoms with Crippen LogP contribution in [-0.4, -0.2) is 52.9 Å². The van der Waals surface area contributed by atoms with E-state index in [4.69, 9.17) is 16.1 Å². The van der Waals surface area contributed by atoms with Crippen LogP contribution in [0.5, 0.6) is 0 Å². The van der Waals surface area contributed by atoms with Crippen LogP contribution in [0.25, 0.3) is 0 Å². The van der Waals surface area contributed by atoms with E-state index in [2.05, 4.69) is 22.2 Å². The summed E-state index contributed by atoms with van der Waals surface area (Å²) in [5, 5.41) is 4.77. The summed E-state index contributed by atoms with van der Waals surface area (Å²) in [5.41, 5.74) is 3.41. The van der Waals surface area contributed by atoms with Crippen LogP contribution in [0, 0.1) is 5.92 Å². The third kappa shape index (κ3) is 6.45. The van der Waals surface area contributed by atoms with Crippen molar-refractivity contribution >= 4 is 29.1 Å². The Morgan fingerprint density at radius 3 is 2.45 bits per heavy atom. The van der Waals surface area contributed by atoms with E-state index < -0.39 is 0 Å². The van der Waals surface area contributed by atoms with Crippen molar-refractivity contribution < 1.29 is 14.1 Å². The number of para-hydroxylation sites is 1. The zero-order valence-corrected chi connectivity index (χ0v) is 22.7. The summed E-state index contributed by atoms with van der Waals surface area (Å²) in [5.74, 6) is 0.852. The van der Waals surface area contributed by atoms with Crippen molar-refractivity contribution in [2.24, 2.45) is 5.92 Å². The lowest BCUT2D eigenvalue weighted by Crippen LogP contribution is -2.39. The fraction of sp³-hybridized carbons (Fsp3) is 0.433. The van der Waals surface area contributed by atoms with Gasteiger partial charge in [0.2, 0.25) is 5.91 Å². The van der Waals surface area contributed by atoms with Crippen LogP contribution < -0.4 is 4.90 Å². The highest BCUT2D eigenvalue weighted by atomic mass is 35.5. The number of benzene rings is 2. The number of rotatable bonds is 5. The number of hydrogen-bond donors (Lipinski definition) is 0. The third-order valence-corrected chi connectivity index (χ3v) is 7.58. The van der Waals surface area contributed by atoms with E-state index in [1.807, 2.05) is 53.1 Å². The fourth-order valence-electron chi connectivity index (χ4n) is 5.06. The third-order valence-electron chi connectivity index (χ3n) is 7.33. The van der Waals surface area contributed by atoms with Gasteiger partial charge in [-0.1, -0.05) is 54.0 Å². The first kappa shape index (κ1) is 26.4. The lowest BCUT2D eigenvalue weighted by Gasteiger charge is -2.31. The Labute approximate surface area is 229 Å². The van der Waals surface area contributed by atoms with Gasteiger partial charge in [-0.3, -0.25) is 14.5 Å². The first-order valence-electron chi connectivity index (χ1n) is 13.6. The largest absolute Gasteiger partial charge is 0.361 e. The summed E-state index contributed by atoms with van der Waals surface area (Å²) in [6.07, 6.45) is 4.29. The van der Waals surface area contributed by atoms with Gasteiger partial charge in [0.15, 0.2) is 5.69 Å². The van der Waals surface area contributed by atoms with Gasteiger partial charge in [0.1, 0.15) is 5.76 Å². The SMILES string of the molecule is CCc1cc(C(=O)N2CCCN(Cc3ccc(Cl)cc3)CCCN(C(=O)C3CC3)c3ccccc3C2)no1. The minimum absolute atomic E-state index is 0.112. The number of amides is 2. The molecule has 38 heavy (non-hydrogen) atoms. The molecule has 1 fully saturated rings.